The molecule has 1 atom stereocenters. The number of carbonyl (C=O) groups excluding carboxylic acids is 1. The minimum Gasteiger partial charge on any atom is -0.468 e. The first-order valence-corrected chi connectivity index (χ1v) is 7.24. The summed E-state index contributed by atoms with van der Waals surface area (Å²) < 4.78 is 42.8. The van der Waals surface area contributed by atoms with E-state index >= 15 is 0 Å². The highest BCUT2D eigenvalue weighted by molar-refractivity contribution is 9.10. The Hall–Kier alpha value is -0.990. The van der Waals surface area contributed by atoms with Gasteiger partial charge in [-0.1, -0.05) is 15.9 Å². The van der Waals surface area contributed by atoms with Gasteiger partial charge in [0.2, 0.25) is 10.0 Å². The van der Waals surface area contributed by atoms with Crippen LogP contribution in [0, 0.1) is 5.82 Å². The van der Waals surface area contributed by atoms with Gasteiger partial charge in [-0.05, 0) is 24.3 Å². The van der Waals surface area contributed by atoms with Crippen molar-refractivity contribution >= 4 is 31.9 Å². The number of rotatable bonds is 5. The molecule has 0 saturated heterocycles. The van der Waals surface area contributed by atoms with Crippen LogP contribution in [0.2, 0.25) is 0 Å². The molecule has 8 heteroatoms. The lowest BCUT2D eigenvalue weighted by Gasteiger charge is -2.09. The number of benzene rings is 1. The van der Waals surface area contributed by atoms with Crippen molar-refractivity contribution in [1.82, 2.24) is 4.72 Å². The van der Waals surface area contributed by atoms with E-state index in [-0.39, 0.29) is 11.4 Å². The number of sulfonamides is 1. The number of nitrogens with one attached hydrogen (secondary N) is 1. The first kappa shape index (κ1) is 15.1. The fourth-order valence-corrected chi connectivity index (χ4v) is 2.70. The van der Waals surface area contributed by atoms with Crippen LogP contribution in [-0.2, 0) is 19.6 Å². The maximum absolute atomic E-state index is 12.7. The third-order valence-electron chi connectivity index (χ3n) is 2.03. The molecule has 0 radical (unpaired) electrons. The molecule has 0 amide bonds. The second-order valence-corrected chi connectivity index (χ2v) is 6.17. The maximum Gasteiger partial charge on any atom is 0.320 e. The van der Waals surface area contributed by atoms with E-state index in [0.717, 1.165) is 24.3 Å². The lowest BCUT2D eigenvalue weighted by Crippen LogP contribution is -2.33. The van der Waals surface area contributed by atoms with E-state index in [9.17, 15) is 17.6 Å². The van der Waals surface area contributed by atoms with Crippen molar-refractivity contribution in [2.45, 2.75) is 9.72 Å². The van der Waals surface area contributed by atoms with Gasteiger partial charge >= 0.3 is 5.97 Å². The number of methoxy groups -OCH3 is 1. The zero-order valence-corrected chi connectivity index (χ0v) is 11.8. The van der Waals surface area contributed by atoms with Crippen molar-refractivity contribution in [2.24, 2.45) is 0 Å². The summed E-state index contributed by atoms with van der Waals surface area (Å²) in [4.78, 5) is 10.2. The van der Waals surface area contributed by atoms with E-state index < -0.39 is 26.6 Å². The van der Waals surface area contributed by atoms with Crippen molar-refractivity contribution in [3.8, 4) is 0 Å². The second kappa shape index (κ2) is 6.26. The Labute approximate surface area is 113 Å². The molecular formula is C10H11BrFNO4S. The average molecular weight is 340 g/mol. The molecule has 18 heavy (non-hydrogen) atoms. The summed E-state index contributed by atoms with van der Waals surface area (Å²) in [6.07, 6.45) is 0. The Balaban J connectivity index is 2.71. The van der Waals surface area contributed by atoms with E-state index in [1.165, 1.54) is 7.11 Å². The Morgan fingerprint density at radius 1 is 1.44 bits per heavy atom. The lowest BCUT2D eigenvalue weighted by atomic mass is 10.4. The predicted molar refractivity (Wildman–Crippen MR) is 66.3 cm³/mol. The van der Waals surface area contributed by atoms with Crippen LogP contribution in [0.25, 0.3) is 0 Å². The monoisotopic (exact) mass is 339 g/mol. The SMILES string of the molecule is COC(=O)C(Br)CNS(=O)(=O)c1ccc(F)cc1. The highest BCUT2D eigenvalue weighted by Crippen LogP contribution is 2.10. The molecular weight excluding hydrogens is 329 g/mol. The highest BCUT2D eigenvalue weighted by atomic mass is 79.9. The van der Waals surface area contributed by atoms with Gasteiger partial charge in [-0.25, -0.2) is 17.5 Å². The first-order valence-electron chi connectivity index (χ1n) is 4.84. The number of esters is 1. The van der Waals surface area contributed by atoms with Gasteiger partial charge in [-0.2, -0.15) is 0 Å². The number of carbonyl (C=O) groups is 1. The summed E-state index contributed by atoms with van der Waals surface area (Å²) in [5, 5.41) is 0. The molecule has 0 spiro atoms. The topological polar surface area (TPSA) is 72.5 Å². The summed E-state index contributed by atoms with van der Waals surface area (Å²) in [6.45, 7) is -0.160. The molecule has 5 nitrogen and oxygen atoms in total. The fourth-order valence-electron chi connectivity index (χ4n) is 1.09. The molecule has 1 N–H and O–H groups in total. The molecule has 0 aliphatic carbocycles. The molecule has 0 fully saturated rings. The minimum absolute atomic E-state index is 0.0755. The van der Waals surface area contributed by atoms with Crippen molar-refractivity contribution < 1.29 is 22.3 Å². The molecule has 1 aromatic rings. The smallest absolute Gasteiger partial charge is 0.320 e. The van der Waals surface area contributed by atoms with Crippen LogP contribution in [0.15, 0.2) is 29.2 Å². The predicted octanol–water partition coefficient (Wildman–Crippen LogP) is 1.04. The number of hydrogen-bond donors (Lipinski definition) is 1. The van der Waals surface area contributed by atoms with Gasteiger partial charge in [0.1, 0.15) is 10.6 Å². The normalized spacial score (nSPS) is 13.1. The number of hydrogen-bond acceptors (Lipinski definition) is 4. The van der Waals surface area contributed by atoms with Crippen LogP contribution in [0.4, 0.5) is 4.39 Å². The largest absolute Gasteiger partial charge is 0.468 e. The minimum atomic E-state index is -3.77. The van der Waals surface area contributed by atoms with E-state index in [0.29, 0.717) is 0 Å². The Morgan fingerprint density at radius 3 is 2.50 bits per heavy atom. The van der Waals surface area contributed by atoms with E-state index in [4.69, 9.17) is 0 Å². The molecule has 1 unspecified atom stereocenters. The van der Waals surface area contributed by atoms with E-state index in [1.807, 2.05) is 0 Å². The van der Waals surface area contributed by atoms with Gasteiger partial charge in [0.05, 0.1) is 12.0 Å². The molecule has 0 saturated carbocycles. The number of alkyl halides is 1. The van der Waals surface area contributed by atoms with Gasteiger partial charge in [0.15, 0.2) is 0 Å². The van der Waals surface area contributed by atoms with E-state index in [2.05, 4.69) is 25.4 Å². The standard InChI is InChI=1S/C10H11BrFNO4S/c1-17-10(14)9(11)6-13-18(15,16)8-4-2-7(12)3-5-8/h2-5,9,13H,6H2,1H3. The second-order valence-electron chi connectivity index (χ2n) is 3.30. The molecule has 0 aliphatic heterocycles. The zero-order chi connectivity index (χ0) is 13.8. The summed E-state index contributed by atoms with van der Waals surface area (Å²) in [5.74, 6) is -1.11. The van der Waals surface area contributed by atoms with Crippen molar-refractivity contribution in [1.29, 1.82) is 0 Å². The van der Waals surface area contributed by atoms with Gasteiger partial charge in [-0.15, -0.1) is 0 Å². The van der Waals surface area contributed by atoms with Crippen LogP contribution in [-0.4, -0.2) is 32.9 Å². The van der Waals surface area contributed by atoms with E-state index in [1.54, 1.807) is 0 Å². The molecule has 1 aromatic carbocycles. The van der Waals surface area contributed by atoms with Crippen molar-refractivity contribution in [3.05, 3.63) is 30.1 Å². The third kappa shape index (κ3) is 4.04. The average Bonchev–Trinajstić information content (AvgIpc) is 2.35. The Kier molecular flexibility index (Phi) is 5.24. The Bertz CT molecular complexity index is 517. The molecule has 1 rings (SSSR count). The van der Waals surface area contributed by atoms with Gasteiger partial charge in [-0.3, -0.25) is 4.79 Å². The zero-order valence-electron chi connectivity index (χ0n) is 9.39. The van der Waals surface area contributed by atoms with Crippen LogP contribution >= 0.6 is 15.9 Å². The summed E-state index contributed by atoms with van der Waals surface area (Å²) >= 11 is 2.98. The van der Waals surface area contributed by atoms with Crippen LogP contribution in [0.5, 0.6) is 0 Å². The van der Waals surface area contributed by atoms with Gasteiger partial charge < -0.3 is 4.74 Å². The van der Waals surface area contributed by atoms with Gasteiger partial charge in [0.25, 0.3) is 0 Å². The van der Waals surface area contributed by atoms with Crippen LogP contribution in [0.1, 0.15) is 0 Å². The molecule has 0 aliphatic rings. The van der Waals surface area contributed by atoms with Crippen LogP contribution in [0.3, 0.4) is 0 Å². The number of ether oxygens (including phenoxy) is 1. The highest BCUT2D eigenvalue weighted by Gasteiger charge is 2.20. The van der Waals surface area contributed by atoms with Crippen LogP contribution < -0.4 is 4.72 Å². The summed E-state index contributed by atoms with van der Waals surface area (Å²) in [5.41, 5.74) is 0. The molecule has 100 valence electrons. The van der Waals surface area contributed by atoms with Gasteiger partial charge in [0, 0.05) is 6.54 Å². The molecule has 0 heterocycles. The summed E-state index contributed by atoms with van der Waals surface area (Å²) in [6, 6.07) is 4.36. The Morgan fingerprint density at radius 2 is 2.00 bits per heavy atom. The summed E-state index contributed by atoms with van der Waals surface area (Å²) in [7, 11) is -2.57. The fraction of sp³-hybridized carbons (Fsp3) is 0.300. The molecule has 0 aromatic heterocycles. The number of halogens is 2. The quantitative estimate of drug-likeness (QED) is 0.642. The lowest BCUT2D eigenvalue weighted by molar-refractivity contribution is -0.139. The maximum atomic E-state index is 12.7. The van der Waals surface area contributed by atoms with Crippen molar-refractivity contribution in [2.75, 3.05) is 13.7 Å². The van der Waals surface area contributed by atoms with Crippen molar-refractivity contribution in [3.63, 3.8) is 0 Å². The third-order valence-corrected chi connectivity index (χ3v) is 4.17. The molecule has 0 bridgehead atoms. The first-order chi connectivity index (χ1) is 8.36.